The fourth-order valence-corrected chi connectivity index (χ4v) is 1.61. The van der Waals surface area contributed by atoms with E-state index in [1.54, 1.807) is 25.3 Å². The van der Waals surface area contributed by atoms with Crippen molar-refractivity contribution in [3.63, 3.8) is 0 Å². The standard InChI is InChI=1S/C13H12O4/c1-16-5-4-9-6-10-2-3-13(15)17-12(10)7-11(9)8-14/h2-7,14H,8H2,1H3/b5-4+. The molecular weight excluding hydrogens is 220 g/mol. The summed E-state index contributed by atoms with van der Waals surface area (Å²) in [4.78, 5) is 11.1. The topological polar surface area (TPSA) is 59.7 Å². The van der Waals surface area contributed by atoms with Crippen LogP contribution in [-0.4, -0.2) is 12.2 Å². The molecule has 2 rings (SSSR count). The molecule has 4 heteroatoms. The molecule has 0 spiro atoms. The first-order valence-corrected chi connectivity index (χ1v) is 5.11. The molecule has 17 heavy (non-hydrogen) atoms. The number of fused-ring (bicyclic) bond motifs is 1. The number of hydrogen-bond acceptors (Lipinski definition) is 4. The summed E-state index contributed by atoms with van der Waals surface area (Å²) in [6, 6.07) is 6.54. The minimum Gasteiger partial charge on any atom is -0.504 e. The second-order valence-corrected chi connectivity index (χ2v) is 3.54. The monoisotopic (exact) mass is 232 g/mol. The first-order chi connectivity index (χ1) is 8.24. The van der Waals surface area contributed by atoms with Crippen LogP contribution in [0.1, 0.15) is 11.1 Å². The zero-order chi connectivity index (χ0) is 12.3. The lowest BCUT2D eigenvalue weighted by atomic mass is 10.1. The van der Waals surface area contributed by atoms with E-state index in [4.69, 9.17) is 9.15 Å². The predicted octanol–water partition coefficient (Wildman–Crippen LogP) is 1.90. The van der Waals surface area contributed by atoms with E-state index in [0.717, 1.165) is 10.9 Å². The van der Waals surface area contributed by atoms with Gasteiger partial charge in [0, 0.05) is 11.5 Å². The van der Waals surface area contributed by atoms with Crippen LogP contribution >= 0.6 is 0 Å². The summed E-state index contributed by atoms with van der Waals surface area (Å²) >= 11 is 0. The molecule has 88 valence electrons. The van der Waals surface area contributed by atoms with Crippen molar-refractivity contribution in [1.29, 1.82) is 0 Å². The van der Waals surface area contributed by atoms with E-state index in [1.807, 2.05) is 6.07 Å². The molecule has 0 saturated carbocycles. The van der Waals surface area contributed by atoms with Crippen LogP contribution in [0.5, 0.6) is 0 Å². The normalized spacial score (nSPS) is 11.2. The molecule has 0 radical (unpaired) electrons. The second-order valence-electron chi connectivity index (χ2n) is 3.54. The number of benzene rings is 1. The number of ether oxygens (including phenoxy) is 1. The molecule has 0 aliphatic heterocycles. The number of rotatable bonds is 3. The lowest BCUT2D eigenvalue weighted by Gasteiger charge is -2.04. The van der Waals surface area contributed by atoms with Crippen LogP contribution in [0.15, 0.2) is 39.7 Å². The second kappa shape index (κ2) is 4.84. The van der Waals surface area contributed by atoms with Crippen molar-refractivity contribution in [2.75, 3.05) is 7.11 Å². The highest BCUT2D eigenvalue weighted by Crippen LogP contribution is 2.20. The summed E-state index contributed by atoms with van der Waals surface area (Å²) in [6.45, 7) is -0.127. The number of hydrogen-bond donors (Lipinski definition) is 1. The number of methoxy groups -OCH3 is 1. The van der Waals surface area contributed by atoms with Crippen LogP contribution in [-0.2, 0) is 11.3 Å². The molecule has 4 nitrogen and oxygen atoms in total. The Bertz CT molecular complexity index is 610. The molecule has 0 saturated heterocycles. The van der Waals surface area contributed by atoms with E-state index >= 15 is 0 Å². The summed E-state index contributed by atoms with van der Waals surface area (Å²) in [5.74, 6) is 0. The number of aliphatic hydroxyl groups excluding tert-OH is 1. The van der Waals surface area contributed by atoms with Crippen molar-refractivity contribution in [3.05, 3.63) is 52.1 Å². The Morgan fingerprint density at radius 2 is 2.24 bits per heavy atom. The molecule has 2 aromatic rings. The van der Waals surface area contributed by atoms with Gasteiger partial charge in [-0.2, -0.15) is 0 Å². The van der Waals surface area contributed by atoms with Gasteiger partial charge in [0.1, 0.15) is 5.58 Å². The summed E-state index contributed by atoms with van der Waals surface area (Å²) < 4.78 is 9.88. The smallest absolute Gasteiger partial charge is 0.336 e. The Hall–Kier alpha value is -2.07. The maximum atomic E-state index is 11.1. The van der Waals surface area contributed by atoms with Crippen LogP contribution < -0.4 is 5.63 Å². The van der Waals surface area contributed by atoms with Crippen molar-refractivity contribution >= 4 is 17.0 Å². The van der Waals surface area contributed by atoms with Crippen LogP contribution in [0.2, 0.25) is 0 Å². The molecule has 0 bridgehead atoms. The zero-order valence-corrected chi connectivity index (χ0v) is 9.34. The Kier molecular flexibility index (Phi) is 3.25. The van der Waals surface area contributed by atoms with E-state index in [9.17, 15) is 9.90 Å². The molecule has 1 aromatic carbocycles. The van der Waals surface area contributed by atoms with Crippen molar-refractivity contribution in [2.45, 2.75) is 6.61 Å². The van der Waals surface area contributed by atoms with Crippen LogP contribution in [0.3, 0.4) is 0 Å². The van der Waals surface area contributed by atoms with Crippen molar-refractivity contribution in [2.24, 2.45) is 0 Å². The Morgan fingerprint density at radius 3 is 2.94 bits per heavy atom. The fourth-order valence-electron chi connectivity index (χ4n) is 1.61. The van der Waals surface area contributed by atoms with Gasteiger partial charge in [-0.05, 0) is 35.4 Å². The molecule has 0 atom stereocenters. The third-order valence-corrected chi connectivity index (χ3v) is 2.44. The lowest BCUT2D eigenvalue weighted by molar-refractivity contribution is 0.281. The van der Waals surface area contributed by atoms with Crippen molar-refractivity contribution < 1.29 is 14.3 Å². The predicted molar refractivity (Wildman–Crippen MR) is 64.4 cm³/mol. The Morgan fingerprint density at radius 1 is 1.41 bits per heavy atom. The molecule has 1 aromatic heterocycles. The van der Waals surface area contributed by atoms with E-state index in [-0.39, 0.29) is 6.61 Å². The van der Waals surface area contributed by atoms with Crippen LogP contribution in [0.25, 0.3) is 17.0 Å². The summed E-state index contributed by atoms with van der Waals surface area (Å²) in [7, 11) is 1.55. The van der Waals surface area contributed by atoms with E-state index in [2.05, 4.69) is 0 Å². The fraction of sp³-hybridized carbons (Fsp3) is 0.154. The summed E-state index contributed by atoms with van der Waals surface area (Å²) in [6.07, 6.45) is 3.27. The first-order valence-electron chi connectivity index (χ1n) is 5.11. The quantitative estimate of drug-likeness (QED) is 0.648. The first kappa shape index (κ1) is 11.4. The average molecular weight is 232 g/mol. The highest BCUT2D eigenvalue weighted by molar-refractivity contribution is 5.80. The third kappa shape index (κ3) is 2.37. The van der Waals surface area contributed by atoms with Crippen LogP contribution in [0.4, 0.5) is 0 Å². The Balaban J connectivity index is 2.64. The van der Waals surface area contributed by atoms with E-state index in [1.165, 1.54) is 12.3 Å². The van der Waals surface area contributed by atoms with Crippen LogP contribution in [0, 0.1) is 0 Å². The van der Waals surface area contributed by atoms with E-state index < -0.39 is 5.63 Å². The molecule has 0 fully saturated rings. The maximum absolute atomic E-state index is 11.1. The maximum Gasteiger partial charge on any atom is 0.336 e. The molecule has 0 unspecified atom stereocenters. The minimum absolute atomic E-state index is 0.127. The van der Waals surface area contributed by atoms with Gasteiger partial charge < -0.3 is 14.3 Å². The largest absolute Gasteiger partial charge is 0.504 e. The van der Waals surface area contributed by atoms with Gasteiger partial charge in [-0.25, -0.2) is 4.79 Å². The number of aliphatic hydroxyl groups is 1. The molecule has 1 heterocycles. The third-order valence-electron chi connectivity index (χ3n) is 2.44. The van der Waals surface area contributed by atoms with Gasteiger partial charge in [0.25, 0.3) is 0 Å². The molecular formula is C13H12O4. The minimum atomic E-state index is -0.401. The Labute approximate surface area is 97.8 Å². The summed E-state index contributed by atoms with van der Waals surface area (Å²) in [5.41, 5.74) is 1.58. The van der Waals surface area contributed by atoms with Gasteiger partial charge >= 0.3 is 5.63 Å². The summed E-state index contributed by atoms with van der Waals surface area (Å²) in [5, 5.41) is 10.1. The van der Waals surface area contributed by atoms with Gasteiger partial charge in [-0.1, -0.05) is 0 Å². The highest BCUT2D eigenvalue weighted by atomic mass is 16.5. The molecule has 1 N–H and O–H groups in total. The zero-order valence-electron chi connectivity index (χ0n) is 9.34. The molecule has 0 aliphatic carbocycles. The van der Waals surface area contributed by atoms with Gasteiger partial charge in [-0.3, -0.25) is 0 Å². The van der Waals surface area contributed by atoms with Gasteiger partial charge in [0.2, 0.25) is 0 Å². The van der Waals surface area contributed by atoms with Crippen molar-refractivity contribution in [1.82, 2.24) is 0 Å². The molecule has 0 aliphatic rings. The average Bonchev–Trinajstić information content (AvgIpc) is 2.35. The van der Waals surface area contributed by atoms with E-state index in [0.29, 0.717) is 11.1 Å². The lowest BCUT2D eigenvalue weighted by Crippen LogP contribution is -1.96. The highest BCUT2D eigenvalue weighted by Gasteiger charge is 2.04. The van der Waals surface area contributed by atoms with Gasteiger partial charge in [0.15, 0.2) is 0 Å². The SMILES string of the molecule is CO/C=C/c1cc2ccc(=O)oc2cc1CO. The van der Waals surface area contributed by atoms with Gasteiger partial charge in [0.05, 0.1) is 20.0 Å². The van der Waals surface area contributed by atoms with Crippen molar-refractivity contribution in [3.8, 4) is 0 Å². The van der Waals surface area contributed by atoms with Gasteiger partial charge in [-0.15, -0.1) is 0 Å². The molecule has 0 amide bonds.